The Balaban J connectivity index is 1.36. The quantitative estimate of drug-likeness (QED) is 0.468. The summed E-state index contributed by atoms with van der Waals surface area (Å²) < 4.78 is 31.2. The second kappa shape index (κ2) is 10.2. The van der Waals surface area contributed by atoms with Gasteiger partial charge in [0, 0.05) is 40.5 Å². The fraction of sp³-hybridized carbons (Fsp3) is 0.467. The Morgan fingerprint density at radius 2 is 1.93 bits per heavy atom. The fourth-order valence-electron chi connectivity index (χ4n) is 7.19. The number of amides is 3. The predicted octanol–water partition coefficient (Wildman–Crippen LogP) is 3.60. The van der Waals surface area contributed by atoms with Gasteiger partial charge < -0.3 is 20.6 Å². The van der Waals surface area contributed by atoms with E-state index >= 15 is 8.78 Å². The van der Waals surface area contributed by atoms with Crippen molar-refractivity contribution in [1.82, 2.24) is 15.5 Å². The first-order valence-corrected chi connectivity index (χ1v) is 14.7. The van der Waals surface area contributed by atoms with Crippen LogP contribution in [-0.4, -0.2) is 58.3 Å². The molecule has 3 saturated heterocycles. The Kier molecular flexibility index (Phi) is 6.90. The van der Waals surface area contributed by atoms with E-state index in [1.54, 1.807) is 42.5 Å². The lowest BCUT2D eigenvalue weighted by atomic mass is 9.70. The summed E-state index contributed by atoms with van der Waals surface area (Å²) in [6, 6.07) is 10.4. The molecule has 2 aliphatic carbocycles. The number of fused-ring (bicyclic) bond motifs is 6. The third-order valence-corrected chi connectivity index (χ3v) is 9.61. The monoisotopic (exact) mass is 626 g/mol. The van der Waals surface area contributed by atoms with Crippen molar-refractivity contribution >= 4 is 33.7 Å². The molecule has 2 aromatic carbocycles. The van der Waals surface area contributed by atoms with E-state index in [1.165, 1.54) is 0 Å². The molecule has 6 unspecified atom stereocenters. The molecule has 0 radical (unpaired) electrons. The standard InChI is InChI=1S/C30H29BrF2N4O4/c31-17-7-9-21-20-5-1-2-6-22(20)30(41,24(21)13-17)28(40)37-19-8-10-23(29(32,33)14-19)25(37)27(39)36-18(15-34)12-16-4-3-11-35-26(16)38/h1-2,5-7,9,13,16,18-19,23,25,41H,3-4,8,10-12,14H2,(H,35,38)(H,36,39). The number of hydrogen-bond acceptors (Lipinski definition) is 5. The average molecular weight is 627 g/mol. The number of benzene rings is 2. The molecule has 3 N–H and O–H groups in total. The molecule has 3 heterocycles. The molecule has 8 nitrogen and oxygen atoms in total. The molecule has 0 spiro atoms. The summed E-state index contributed by atoms with van der Waals surface area (Å²) in [7, 11) is 0. The van der Waals surface area contributed by atoms with Gasteiger partial charge in [0.1, 0.15) is 12.1 Å². The number of alkyl halides is 2. The van der Waals surface area contributed by atoms with Gasteiger partial charge in [-0.05, 0) is 55.4 Å². The van der Waals surface area contributed by atoms with Crippen molar-refractivity contribution in [1.29, 1.82) is 5.26 Å². The predicted molar refractivity (Wildman–Crippen MR) is 147 cm³/mol. The highest BCUT2D eigenvalue weighted by atomic mass is 79.9. The Bertz CT molecular complexity index is 1480. The van der Waals surface area contributed by atoms with Crippen LogP contribution in [-0.2, 0) is 20.0 Å². The summed E-state index contributed by atoms with van der Waals surface area (Å²) in [6.45, 7) is 0.544. The second-order valence-electron chi connectivity index (χ2n) is 11.5. The van der Waals surface area contributed by atoms with Crippen molar-refractivity contribution in [2.75, 3.05) is 6.54 Å². The van der Waals surface area contributed by atoms with Gasteiger partial charge in [0.05, 0.1) is 12.0 Å². The van der Waals surface area contributed by atoms with Crippen LogP contribution in [0.1, 0.15) is 49.7 Å². The zero-order valence-electron chi connectivity index (χ0n) is 22.1. The van der Waals surface area contributed by atoms with Gasteiger partial charge in [0.25, 0.3) is 11.8 Å². The maximum Gasteiger partial charge on any atom is 0.264 e. The number of nitrogens with one attached hydrogen (secondary N) is 2. The third-order valence-electron chi connectivity index (χ3n) is 9.12. The molecule has 3 amide bonds. The van der Waals surface area contributed by atoms with Gasteiger partial charge in [-0.15, -0.1) is 0 Å². The first-order chi connectivity index (χ1) is 19.6. The summed E-state index contributed by atoms with van der Waals surface area (Å²) in [5.74, 6) is -7.09. The number of piperidine rings is 3. The Morgan fingerprint density at radius 3 is 2.66 bits per heavy atom. The summed E-state index contributed by atoms with van der Waals surface area (Å²) in [6.07, 6.45) is 1.01. The van der Waals surface area contributed by atoms with Crippen LogP contribution < -0.4 is 10.6 Å². The first kappa shape index (κ1) is 27.8. The van der Waals surface area contributed by atoms with Crippen LogP contribution in [0.2, 0.25) is 0 Å². The van der Waals surface area contributed by atoms with Gasteiger partial charge in [-0.1, -0.05) is 46.3 Å². The number of hydrogen-bond donors (Lipinski definition) is 3. The van der Waals surface area contributed by atoms with Crippen molar-refractivity contribution in [2.45, 2.75) is 68.2 Å². The van der Waals surface area contributed by atoms with Crippen LogP contribution in [0.4, 0.5) is 8.78 Å². The number of nitriles is 1. The molecular weight excluding hydrogens is 598 g/mol. The molecule has 5 aliphatic rings. The minimum Gasteiger partial charge on any atom is -0.372 e. The third kappa shape index (κ3) is 4.43. The SMILES string of the molecule is N#CC(CC1CCCNC1=O)NC(=O)C1C2CCC(CC2(F)F)N1C(=O)C1(O)c2ccccc2-c2ccc(Br)cc21. The average Bonchev–Trinajstić information content (AvgIpc) is 3.21. The summed E-state index contributed by atoms with van der Waals surface area (Å²) in [5.41, 5.74) is -0.277. The molecule has 7 rings (SSSR count). The fourth-order valence-corrected chi connectivity index (χ4v) is 7.55. The number of carbonyl (C=O) groups excluding carboxylic acids is 3. The summed E-state index contributed by atoms with van der Waals surface area (Å²) in [4.78, 5) is 41.7. The highest BCUT2D eigenvalue weighted by molar-refractivity contribution is 9.10. The van der Waals surface area contributed by atoms with Gasteiger partial charge in [0.15, 0.2) is 5.60 Å². The van der Waals surface area contributed by atoms with E-state index in [-0.39, 0.29) is 25.2 Å². The molecule has 11 heteroatoms. The van der Waals surface area contributed by atoms with Crippen LogP contribution in [0.25, 0.3) is 11.1 Å². The largest absolute Gasteiger partial charge is 0.372 e. The Morgan fingerprint density at radius 1 is 1.17 bits per heavy atom. The van der Waals surface area contributed by atoms with E-state index in [9.17, 15) is 24.8 Å². The van der Waals surface area contributed by atoms with Crippen LogP contribution in [0.5, 0.6) is 0 Å². The summed E-state index contributed by atoms with van der Waals surface area (Å²) >= 11 is 3.41. The van der Waals surface area contributed by atoms with Gasteiger partial charge in [-0.3, -0.25) is 14.4 Å². The maximum atomic E-state index is 15.3. The molecule has 6 atom stereocenters. The van der Waals surface area contributed by atoms with E-state index in [0.29, 0.717) is 39.7 Å². The van der Waals surface area contributed by atoms with E-state index in [0.717, 1.165) is 11.3 Å². The first-order valence-electron chi connectivity index (χ1n) is 13.9. The summed E-state index contributed by atoms with van der Waals surface area (Å²) in [5, 5.41) is 27.3. The molecule has 4 fully saturated rings. The van der Waals surface area contributed by atoms with E-state index in [1.807, 2.05) is 6.07 Å². The van der Waals surface area contributed by atoms with Gasteiger partial charge in [-0.2, -0.15) is 5.26 Å². The topological polar surface area (TPSA) is 123 Å². The van der Waals surface area contributed by atoms with Crippen LogP contribution >= 0.6 is 15.9 Å². The molecule has 2 aromatic rings. The number of carbonyl (C=O) groups is 3. The minimum absolute atomic E-state index is 0.0267. The van der Waals surface area contributed by atoms with Crippen molar-refractivity contribution < 1.29 is 28.3 Å². The number of nitrogens with zero attached hydrogens (tertiary/aromatic N) is 2. The van der Waals surface area contributed by atoms with E-state index in [2.05, 4.69) is 26.6 Å². The Hall–Kier alpha value is -3.36. The molecule has 3 aliphatic heterocycles. The molecule has 1 saturated carbocycles. The molecule has 214 valence electrons. The zero-order chi connectivity index (χ0) is 29.1. The van der Waals surface area contributed by atoms with Crippen LogP contribution in [0.15, 0.2) is 46.9 Å². The highest BCUT2D eigenvalue weighted by Crippen LogP contribution is 2.54. The van der Waals surface area contributed by atoms with Crippen molar-refractivity contribution in [3.8, 4) is 17.2 Å². The van der Waals surface area contributed by atoms with Crippen molar-refractivity contribution in [2.24, 2.45) is 11.8 Å². The highest BCUT2D eigenvalue weighted by Gasteiger charge is 2.63. The molecular formula is C30H29BrF2N4O4. The number of halogens is 3. The lowest BCUT2D eigenvalue weighted by Crippen LogP contribution is -2.70. The lowest BCUT2D eigenvalue weighted by molar-refractivity contribution is -0.201. The van der Waals surface area contributed by atoms with Crippen LogP contribution in [0, 0.1) is 23.2 Å². The normalized spacial score (nSPS) is 30.0. The molecule has 41 heavy (non-hydrogen) atoms. The smallest absolute Gasteiger partial charge is 0.264 e. The van der Waals surface area contributed by atoms with Crippen LogP contribution in [0.3, 0.4) is 0 Å². The maximum absolute atomic E-state index is 15.3. The number of aliphatic hydroxyl groups is 1. The minimum atomic E-state index is -3.20. The van der Waals surface area contributed by atoms with Gasteiger partial charge in [-0.25, -0.2) is 8.78 Å². The second-order valence-corrected chi connectivity index (χ2v) is 12.4. The van der Waals surface area contributed by atoms with Crippen molar-refractivity contribution in [3.05, 3.63) is 58.1 Å². The van der Waals surface area contributed by atoms with E-state index < -0.39 is 59.7 Å². The molecule has 2 bridgehead atoms. The van der Waals surface area contributed by atoms with Gasteiger partial charge in [0.2, 0.25) is 11.8 Å². The number of rotatable bonds is 5. The van der Waals surface area contributed by atoms with Crippen molar-refractivity contribution in [3.63, 3.8) is 0 Å². The molecule has 0 aromatic heterocycles. The van der Waals surface area contributed by atoms with Gasteiger partial charge >= 0.3 is 0 Å². The lowest BCUT2D eigenvalue weighted by Gasteiger charge is -2.54. The Labute approximate surface area is 244 Å². The zero-order valence-corrected chi connectivity index (χ0v) is 23.7. The van der Waals surface area contributed by atoms with E-state index in [4.69, 9.17) is 0 Å².